The number of hydrogen-bond donors (Lipinski definition) is 1. The van der Waals surface area contributed by atoms with Gasteiger partial charge >= 0.3 is 5.69 Å². The van der Waals surface area contributed by atoms with Crippen molar-refractivity contribution in [3.05, 3.63) is 107 Å². The van der Waals surface area contributed by atoms with Gasteiger partial charge in [0.1, 0.15) is 12.4 Å². The minimum atomic E-state index is -0.368. The largest absolute Gasteiger partial charge is 0.369 e. The molecule has 1 aliphatic heterocycles. The molecule has 1 aliphatic rings. The Hall–Kier alpha value is -4.24. The minimum absolute atomic E-state index is 0.0223. The van der Waals surface area contributed by atoms with Crippen molar-refractivity contribution >= 4 is 11.6 Å². The molecule has 0 saturated carbocycles. The SMILES string of the molecule is CC(C)n1cnn(-c2ccc(N3CCN(C(C(=O)NCc4ccccn4)c4ccccc4)CC3)cc2)c1=O. The van der Waals surface area contributed by atoms with Gasteiger partial charge in [0.25, 0.3) is 0 Å². The predicted octanol–water partition coefficient (Wildman–Crippen LogP) is 3.19. The van der Waals surface area contributed by atoms with Crippen LogP contribution in [0.15, 0.2) is 90.1 Å². The van der Waals surface area contributed by atoms with Crippen LogP contribution in [-0.4, -0.2) is 56.3 Å². The Morgan fingerprint density at radius 1 is 0.895 bits per heavy atom. The lowest BCUT2D eigenvalue weighted by atomic mass is 10.0. The molecule has 1 atom stereocenters. The number of aromatic nitrogens is 4. The van der Waals surface area contributed by atoms with Crippen LogP contribution in [0, 0.1) is 0 Å². The average molecular weight is 512 g/mol. The van der Waals surface area contributed by atoms with Gasteiger partial charge in [-0.05, 0) is 55.8 Å². The van der Waals surface area contributed by atoms with Gasteiger partial charge in [-0.1, -0.05) is 36.4 Å². The van der Waals surface area contributed by atoms with Crippen LogP contribution in [-0.2, 0) is 11.3 Å². The summed E-state index contributed by atoms with van der Waals surface area (Å²) in [5, 5.41) is 7.34. The second-order valence-corrected chi connectivity index (χ2v) is 9.72. The first-order valence-electron chi connectivity index (χ1n) is 13.0. The lowest BCUT2D eigenvalue weighted by Crippen LogP contribution is -2.51. The van der Waals surface area contributed by atoms with Crippen LogP contribution in [0.5, 0.6) is 0 Å². The summed E-state index contributed by atoms with van der Waals surface area (Å²) >= 11 is 0. The van der Waals surface area contributed by atoms with Gasteiger partial charge in [-0.15, -0.1) is 0 Å². The summed E-state index contributed by atoms with van der Waals surface area (Å²) in [6, 6.07) is 23.2. The molecule has 0 radical (unpaired) electrons. The Labute approximate surface area is 222 Å². The molecule has 0 aliphatic carbocycles. The molecule has 2 aromatic heterocycles. The molecule has 1 saturated heterocycles. The molecule has 5 rings (SSSR count). The molecule has 1 fully saturated rings. The van der Waals surface area contributed by atoms with Crippen molar-refractivity contribution in [1.82, 2.24) is 29.5 Å². The third-order valence-electron chi connectivity index (χ3n) is 6.92. The molecule has 0 bridgehead atoms. The number of nitrogens with one attached hydrogen (secondary N) is 1. The molecule has 38 heavy (non-hydrogen) atoms. The number of piperazine rings is 1. The van der Waals surface area contributed by atoms with E-state index in [1.807, 2.05) is 86.6 Å². The molecule has 4 aromatic rings. The Kier molecular flexibility index (Phi) is 7.65. The molecule has 0 spiro atoms. The topological polar surface area (TPSA) is 88.3 Å². The molecule has 9 nitrogen and oxygen atoms in total. The summed E-state index contributed by atoms with van der Waals surface area (Å²) in [7, 11) is 0. The number of pyridine rings is 1. The van der Waals surface area contributed by atoms with E-state index in [1.165, 1.54) is 4.68 Å². The highest BCUT2D eigenvalue weighted by Crippen LogP contribution is 2.25. The lowest BCUT2D eigenvalue weighted by molar-refractivity contribution is -0.127. The van der Waals surface area contributed by atoms with Gasteiger partial charge < -0.3 is 10.2 Å². The first-order chi connectivity index (χ1) is 18.5. The molecule has 9 heteroatoms. The summed E-state index contributed by atoms with van der Waals surface area (Å²) in [5.74, 6) is -0.0223. The number of carbonyl (C=O) groups is 1. The first kappa shape index (κ1) is 25.4. The number of amides is 1. The highest BCUT2D eigenvalue weighted by Gasteiger charge is 2.30. The third-order valence-corrected chi connectivity index (χ3v) is 6.92. The van der Waals surface area contributed by atoms with E-state index in [9.17, 15) is 9.59 Å². The lowest BCUT2D eigenvalue weighted by Gasteiger charge is -2.39. The number of rotatable bonds is 8. The zero-order valence-electron chi connectivity index (χ0n) is 21.8. The van der Waals surface area contributed by atoms with Crippen molar-refractivity contribution in [1.29, 1.82) is 0 Å². The number of hydrogen-bond acceptors (Lipinski definition) is 6. The van der Waals surface area contributed by atoms with Gasteiger partial charge in [0.15, 0.2) is 0 Å². The molecule has 1 N–H and O–H groups in total. The van der Waals surface area contributed by atoms with Crippen LogP contribution >= 0.6 is 0 Å². The number of carbonyl (C=O) groups excluding carboxylic acids is 1. The van der Waals surface area contributed by atoms with Gasteiger partial charge in [0.2, 0.25) is 5.91 Å². The average Bonchev–Trinajstić information content (AvgIpc) is 3.35. The summed E-state index contributed by atoms with van der Waals surface area (Å²) in [6.45, 7) is 7.39. The van der Waals surface area contributed by atoms with E-state index in [2.05, 4.69) is 25.2 Å². The van der Waals surface area contributed by atoms with E-state index < -0.39 is 0 Å². The van der Waals surface area contributed by atoms with Crippen LogP contribution in [0.25, 0.3) is 5.69 Å². The van der Waals surface area contributed by atoms with Crippen molar-refractivity contribution in [2.24, 2.45) is 0 Å². The van der Waals surface area contributed by atoms with E-state index in [4.69, 9.17) is 0 Å². The van der Waals surface area contributed by atoms with Gasteiger partial charge in [-0.3, -0.25) is 19.2 Å². The van der Waals surface area contributed by atoms with Gasteiger partial charge in [0, 0.05) is 44.1 Å². The van der Waals surface area contributed by atoms with E-state index in [0.717, 1.165) is 48.8 Å². The highest BCUT2D eigenvalue weighted by molar-refractivity contribution is 5.83. The van der Waals surface area contributed by atoms with Crippen LogP contribution in [0.4, 0.5) is 5.69 Å². The fraction of sp³-hybridized carbons (Fsp3) is 0.310. The normalized spacial score (nSPS) is 15.0. The Bertz CT molecular complexity index is 1390. The number of nitrogens with zero attached hydrogens (tertiary/aromatic N) is 6. The minimum Gasteiger partial charge on any atom is -0.369 e. The second kappa shape index (κ2) is 11.4. The number of benzene rings is 2. The van der Waals surface area contributed by atoms with Gasteiger partial charge in [-0.25, -0.2) is 4.79 Å². The third kappa shape index (κ3) is 5.52. The van der Waals surface area contributed by atoms with E-state index in [-0.39, 0.29) is 23.7 Å². The van der Waals surface area contributed by atoms with Crippen molar-refractivity contribution in [3.8, 4) is 5.69 Å². The molecule has 1 unspecified atom stereocenters. The van der Waals surface area contributed by atoms with Crippen molar-refractivity contribution < 1.29 is 4.79 Å². The zero-order chi connectivity index (χ0) is 26.5. The van der Waals surface area contributed by atoms with E-state index >= 15 is 0 Å². The van der Waals surface area contributed by atoms with Crippen molar-refractivity contribution in [3.63, 3.8) is 0 Å². The Balaban J connectivity index is 1.26. The summed E-state index contributed by atoms with van der Waals surface area (Å²) in [6.07, 6.45) is 3.31. The quantitative estimate of drug-likeness (QED) is 0.391. The molecular formula is C29H33N7O2. The smallest absolute Gasteiger partial charge is 0.350 e. The molecule has 3 heterocycles. The van der Waals surface area contributed by atoms with Crippen molar-refractivity contribution in [2.75, 3.05) is 31.1 Å². The fourth-order valence-electron chi connectivity index (χ4n) is 4.83. The Morgan fingerprint density at radius 2 is 1.58 bits per heavy atom. The summed E-state index contributed by atoms with van der Waals surface area (Å²) < 4.78 is 3.04. The monoisotopic (exact) mass is 511 g/mol. The molecular weight excluding hydrogens is 478 g/mol. The van der Waals surface area contributed by atoms with Gasteiger partial charge in [0.05, 0.1) is 17.9 Å². The van der Waals surface area contributed by atoms with Crippen LogP contribution in [0.2, 0.25) is 0 Å². The summed E-state index contributed by atoms with van der Waals surface area (Å²) in [5.41, 5.74) is 3.50. The van der Waals surface area contributed by atoms with Crippen LogP contribution < -0.4 is 15.9 Å². The zero-order valence-corrected chi connectivity index (χ0v) is 21.8. The maximum Gasteiger partial charge on any atom is 0.350 e. The van der Waals surface area contributed by atoms with E-state index in [0.29, 0.717) is 6.54 Å². The summed E-state index contributed by atoms with van der Waals surface area (Å²) in [4.78, 5) is 34.9. The van der Waals surface area contributed by atoms with Crippen molar-refractivity contribution in [2.45, 2.75) is 32.5 Å². The standard InChI is InChI=1S/C29H33N7O2/c1-22(2)35-21-32-36(29(35)38)26-13-11-25(12-14-26)33-16-18-34(19-17-33)27(23-8-4-3-5-9-23)28(37)31-20-24-10-6-7-15-30-24/h3-15,21-22,27H,16-20H2,1-2H3,(H,31,37). The molecule has 2 aromatic carbocycles. The predicted molar refractivity (Wildman–Crippen MR) is 147 cm³/mol. The fourth-order valence-corrected chi connectivity index (χ4v) is 4.83. The van der Waals surface area contributed by atoms with Crippen LogP contribution in [0.3, 0.4) is 0 Å². The molecule has 196 valence electrons. The van der Waals surface area contributed by atoms with Gasteiger partial charge in [-0.2, -0.15) is 9.78 Å². The number of anilines is 1. The molecule has 1 amide bonds. The second-order valence-electron chi connectivity index (χ2n) is 9.72. The maximum absolute atomic E-state index is 13.4. The highest BCUT2D eigenvalue weighted by atomic mass is 16.2. The van der Waals surface area contributed by atoms with Crippen LogP contribution in [0.1, 0.15) is 37.2 Å². The Morgan fingerprint density at radius 3 is 2.21 bits per heavy atom. The maximum atomic E-state index is 13.4. The first-order valence-corrected chi connectivity index (χ1v) is 13.0. The van der Waals surface area contributed by atoms with E-state index in [1.54, 1.807) is 17.1 Å².